The lowest BCUT2D eigenvalue weighted by molar-refractivity contribution is -0.143. The van der Waals surface area contributed by atoms with Gasteiger partial charge in [0.1, 0.15) is 18.2 Å². The maximum absolute atomic E-state index is 14.7. The Labute approximate surface area is 244 Å². The van der Waals surface area contributed by atoms with E-state index in [-0.39, 0.29) is 18.2 Å². The molecule has 1 aromatic carbocycles. The normalized spacial score (nSPS) is 16.3. The maximum atomic E-state index is 14.7. The van der Waals surface area contributed by atoms with Gasteiger partial charge in [-0.3, -0.25) is 0 Å². The summed E-state index contributed by atoms with van der Waals surface area (Å²) < 4.78 is 195. The van der Waals surface area contributed by atoms with Crippen molar-refractivity contribution in [1.82, 2.24) is 9.97 Å². The van der Waals surface area contributed by atoms with Gasteiger partial charge in [-0.2, -0.15) is 69.7 Å². The van der Waals surface area contributed by atoms with E-state index in [9.17, 15) is 77.3 Å². The average molecular weight is 663 g/mol. The minimum absolute atomic E-state index is 0.0632. The summed E-state index contributed by atoms with van der Waals surface area (Å²) in [5, 5.41) is 29.2. The number of allylic oxidation sites excluding steroid dienone is 6. The molecule has 19 heteroatoms. The Bertz CT molecular complexity index is 1900. The van der Waals surface area contributed by atoms with Crippen LogP contribution in [0.5, 0.6) is 0 Å². The summed E-state index contributed by atoms with van der Waals surface area (Å²) >= 11 is 0. The Morgan fingerprint density at radius 3 is 1.02 bits per heavy atom. The lowest BCUT2D eigenvalue weighted by Gasteiger charge is -2.13. The number of benzene rings is 1. The minimum atomic E-state index is -5.52. The maximum Gasteiger partial charge on any atom is 0.416 e. The van der Waals surface area contributed by atoms with Crippen molar-refractivity contribution in [3.63, 3.8) is 0 Å². The number of alkyl halides is 6. The standard InChI is InChI=1S/C27H3F14N5/c28-18-16(19(29)23(33)45-22(18)32)11(5-43)14-13(15(14)12(6-44)17-20(30)24(34)46-25(35)21(17)31)10(4-42)7-1-8(26(36,37)38)3-9(2-7)27(39,40)41/h1-3H/b13-10-,14-11?,15-12-. The van der Waals surface area contributed by atoms with Gasteiger partial charge in [0, 0.05) is 16.7 Å². The lowest BCUT2D eigenvalue weighted by Crippen LogP contribution is -2.11. The Morgan fingerprint density at radius 1 is 0.478 bits per heavy atom. The van der Waals surface area contributed by atoms with Crippen LogP contribution in [0.15, 0.2) is 34.9 Å². The molecule has 0 bridgehead atoms. The SMILES string of the molecule is N#CC(=C1C(=C(\C#N)c2cc(C(F)(F)F)cc(C(F)(F)F)c2)/C1=C(\C#N)c1c(F)c(F)nc(F)c1F)c1c(F)c(F)nc(F)c1F. The van der Waals surface area contributed by atoms with Crippen LogP contribution in [-0.4, -0.2) is 9.97 Å². The van der Waals surface area contributed by atoms with Crippen LogP contribution in [0.3, 0.4) is 0 Å². The van der Waals surface area contributed by atoms with Crippen molar-refractivity contribution in [2.75, 3.05) is 0 Å². The molecule has 2 aromatic heterocycles. The van der Waals surface area contributed by atoms with Gasteiger partial charge >= 0.3 is 12.4 Å². The number of nitriles is 3. The topological polar surface area (TPSA) is 97.2 Å². The summed E-state index contributed by atoms with van der Waals surface area (Å²) in [6.07, 6.45) is -11.0. The molecule has 5 nitrogen and oxygen atoms in total. The van der Waals surface area contributed by atoms with Crippen molar-refractivity contribution >= 4 is 16.7 Å². The average Bonchev–Trinajstić information content (AvgIpc) is 3.68. The first kappa shape index (κ1) is 33.1. The second kappa shape index (κ2) is 11.3. The molecule has 0 spiro atoms. The Hall–Kier alpha value is -5.77. The van der Waals surface area contributed by atoms with Crippen molar-refractivity contribution in [2.24, 2.45) is 0 Å². The van der Waals surface area contributed by atoms with Crippen LogP contribution in [0.25, 0.3) is 16.7 Å². The van der Waals surface area contributed by atoms with E-state index in [2.05, 4.69) is 9.97 Å². The second-order valence-corrected chi connectivity index (χ2v) is 8.77. The zero-order valence-corrected chi connectivity index (χ0v) is 21.3. The zero-order valence-electron chi connectivity index (χ0n) is 21.3. The molecule has 46 heavy (non-hydrogen) atoms. The summed E-state index contributed by atoms with van der Waals surface area (Å²) in [5.74, 6) is -19.3. The summed E-state index contributed by atoms with van der Waals surface area (Å²) in [6, 6.07) is 2.62. The number of hydrogen-bond donors (Lipinski definition) is 0. The fraction of sp³-hybridized carbons (Fsp3) is 0.0741. The predicted molar refractivity (Wildman–Crippen MR) is 122 cm³/mol. The molecule has 234 valence electrons. The molecule has 0 N–H and O–H groups in total. The third-order valence-corrected chi connectivity index (χ3v) is 6.14. The third kappa shape index (κ3) is 5.49. The van der Waals surface area contributed by atoms with Crippen LogP contribution in [0.4, 0.5) is 61.5 Å². The predicted octanol–water partition coefficient (Wildman–Crippen LogP) is 7.87. The lowest BCUT2D eigenvalue weighted by atomic mass is 9.98. The molecular weight excluding hydrogens is 660 g/mol. The van der Waals surface area contributed by atoms with Crippen molar-refractivity contribution in [3.05, 3.63) is 110 Å². The van der Waals surface area contributed by atoms with Gasteiger partial charge in [0.25, 0.3) is 23.8 Å². The molecule has 1 aliphatic carbocycles. The molecule has 0 radical (unpaired) electrons. The first-order valence-corrected chi connectivity index (χ1v) is 11.4. The van der Waals surface area contributed by atoms with Gasteiger partial charge in [-0.1, -0.05) is 0 Å². The first-order valence-electron chi connectivity index (χ1n) is 11.4. The van der Waals surface area contributed by atoms with Gasteiger partial charge in [-0.05, 0) is 23.8 Å². The van der Waals surface area contributed by atoms with E-state index in [0.29, 0.717) is 0 Å². The highest BCUT2D eigenvalue weighted by Gasteiger charge is 2.45. The van der Waals surface area contributed by atoms with E-state index >= 15 is 0 Å². The number of nitrogens with zero attached hydrogens (tertiary/aromatic N) is 5. The second-order valence-electron chi connectivity index (χ2n) is 8.77. The van der Waals surface area contributed by atoms with Gasteiger partial charge in [0.2, 0.25) is 0 Å². The fourth-order valence-corrected chi connectivity index (χ4v) is 4.19. The molecule has 4 rings (SSSR count). The smallest absolute Gasteiger partial charge is 0.201 e. The number of rotatable bonds is 3. The van der Waals surface area contributed by atoms with Crippen molar-refractivity contribution in [2.45, 2.75) is 12.4 Å². The molecule has 0 saturated heterocycles. The summed E-state index contributed by atoms with van der Waals surface area (Å²) in [4.78, 5) is 4.45. The van der Waals surface area contributed by atoms with Gasteiger partial charge in [-0.15, -0.1) is 0 Å². The number of hydrogen-bond acceptors (Lipinski definition) is 5. The third-order valence-electron chi connectivity index (χ3n) is 6.14. The van der Waals surface area contributed by atoms with Gasteiger partial charge in [-0.25, -0.2) is 17.6 Å². The van der Waals surface area contributed by atoms with Gasteiger partial charge in [0.05, 0.1) is 39.0 Å². The zero-order chi connectivity index (χ0) is 34.6. The Kier molecular flexibility index (Phi) is 8.14. The van der Waals surface area contributed by atoms with Crippen LogP contribution in [-0.2, 0) is 12.4 Å². The van der Waals surface area contributed by atoms with Gasteiger partial charge < -0.3 is 0 Å². The van der Waals surface area contributed by atoms with Gasteiger partial charge in [0.15, 0.2) is 23.3 Å². The van der Waals surface area contributed by atoms with E-state index in [1.165, 1.54) is 0 Å². The van der Waals surface area contributed by atoms with Crippen LogP contribution in [0.2, 0.25) is 0 Å². The van der Waals surface area contributed by atoms with E-state index in [1.54, 1.807) is 0 Å². The van der Waals surface area contributed by atoms with E-state index in [0.717, 1.165) is 18.2 Å². The van der Waals surface area contributed by atoms with Crippen LogP contribution in [0, 0.1) is 81.1 Å². The van der Waals surface area contributed by atoms with E-state index in [1.807, 2.05) is 0 Å². The van der Waals surface area contributed by atoms with E-state index in [4.69, 9.17) is 0 Å². The largest absolute Gasteiger partial charge is 0.416 e. The van der Waals surface area contributed by atoms with Crippen molar-refractivity contribution < 1.29 is 61.5 Å². The summed E-state index contributed by atoms with van der Waals surface area (Å²) in [6.45, 7) is 0. The molecule has 2 heterocycles. The molecule has 0 unspecified atom stereocenters. The fourth-order valence-electron chi connectivity index (χ4n) is 4.19. The van der Waals surface area contributed by atoms with E-state index < -0.39 is 121 Å². The number of halogens is 14. The van der Waals surface area contributed by atoms with Crippen molar-refractivity contribution in [1.29, 1.82) is 15.8 Å². The Balaban J connectivity index is 2.30. The van der Waals surface area contributed by atoms with Crippen LogP contribution < -0.4 is 0 Å². The number of aromatic nitrogens is 2. The molecule has 0 aliphatic heterocycles. The quantitative estimate of drug-likeness (QED) is 0.162. The molecule has 3 aromatic rings. The highest BCUT2D eigenvalue weighted by Crippen LogP contribution is 2.57. The molecular formula is C27H3F14N5. The van der Waals surface area contributed by atoms with Crippen molar-refractivity contribution in [3.8, 4) is 18.2 Å². The highest BCUT2D eigenvalue weighted by molar-refractivity contribution is 6.12. The highest BCUT2D eigenvalue weighted by atomic mass is 19.4. The summed E-state index contributed by atoms with van der Waals surface area (Å²) in [5.41, 5.74) is -17.8. The molecule has 1 aliphatic rings. The Morgan fingerprint density at radius 2 is 0.761 bits per heavy atom. The first-order chi connectivity index (χ1) is 21.3. The molecule has 1 fully saturated rings. The molecule has 0 atom stereocenters. The summed E-state index contributed by atoms with van der Waals surface area (Å²) in [7, 11) is 0. The monoisotopic (exact) mass is 663 g/mol. The number of pyridine rings is 2. The molecule has 0 amide bonds. The van der Waals surface area contributed by atoms with Crippen LogP contribution in [0.1, 0.15) is 27.8 Å². The minimum Gasteiger partial charge on any atom is -0.201 e. The van der Waals surface area contributed by atoms with Crippen LogP contribution >= 0.6 is 0 Å². The molecule has 1 saturated carbocycles.